The van der Waals surface area contributed by atoms with Crippen LogP contribution in [0.25, 0.3) is 11.0 Å². The number of para-hydroxylation sites is 3. The van der Waals surface area contributed by atoms with Crippen LogP contribution in [-0.4, -0.2) is 22.7 Å². The van der Waals surface area contributed by atoms with Gasteiger partial charge in [-0.05, 0) is 24.3 Å². The van der Waals surface area contributed by atoms with Gasteiger partial charge in [0.15, 0.2) is 22.7 Å². The van der Waals surface area contributed by atoms with Crippen LogP contribution >= 0.6 is 0 Å². The van der Waals surface area contributed by atoms with E-state index in [0.29, 0.717) is 22.5 Å². The molecule has 1 atom stereocenters. The predicted octanol–water partition coefficient (Wildman–Crippen LogP) is 2.94. The fourth-order valence-corrected chi connectivity index (χ4v) is 2.93. The van der Waals surface area contributed by atoms with Gasteiger partial charge in [0.25, 0.3) is 11.8 Å². The average molecular weight is 391 g/mol. The van der Waals surface area contributed by atoms with Gasteiger partial charge in [0.05, 0.1) is 5.39 Å². The number of carbonyl (C=O) groups excluding carboxylic acids is 1. The molecule has 3 heterocycles. The Labute approximate surface area is 162 Å². The van der Waals surface area contributed by atoms with E-state index in [1.807, 2.05) is 12.1 Å². The first kappa shape index (κ1) is 17.0. The Hall–Kier alpha value is -4.14. The Bertz CT molecular complexity index is 1280. The quantitative estimate of drug-likeness (QED) is 0.567. The van der Waals surface area contributed by atoms with Crippen LogP contribution in [0.5, 0.6) is 11.5 Å². The van der Waals surface area contributed by atoms with Crippen molar-refractivity contribution in [2.45, 2.75) is 6.10 Å². The monoisotopic (exact) mass is 391 g/mol. The van der Waals surface area contributed by atoms with E-state index in [1.165, 1.54) is 0 Å². The van der Waals surface area contributed by atoms with Gasteiger partial charge in [-0.15, -0.1) is 5.10 Å². The Morgan fingerprint density at radius 1 is 1.00 bits per heavy atom. The lowest BCUT2D eigenvalue weighted by molar-refractivity contribution is 0.0716. The maximum atomic E-state index is 12.4. The number of nitrogens with zero attached hydrogens (tertiary/aromatic N) is 2. The minimum Gasteiger partial charge on any atom is -0.485 e. The van der Waals surface area contributed by atoms with Crippen LogP contribution in [0.4, 0.5) is 6.01 Å². The molecule has 0 radical (unpaired) electrons. The van der Waals surface area contributed by atoms with Gasteiger partial charge in [-0.2, -0.15) is 0 Å². The van der Waals surface area contributed by atoms with E-state index in [4.69, 9.17) is 18.3 Å². The van der Waals surface area contributed by atoms with Crippen molar-refractivity contribution in [2.75, 3.05) is 11.9 Å². The Morgan fingerprint density at radius 2 is 1.79 bits per heavy atom. The first-order valence-corrected chi connectivity index (χ1v) is 8.73. The summed E-state index contributed by atoms with van der Waals surface area (Å²) >= 11 is 0. The van der Waals surface area contributed by atoms with Gasteiger partial charge < -0.3 is 18.3 Å². The predicted molar refractivity (Wildman–Crippen MR) is 100 cm³/mol. The molecular formula is C20H13N3O6. The van der Waals surface area contributed by atoms with E-state index in [-0.39, 0.29) is 29.7 Å². The van der Waals surface area contributed by atoms with Crippen molar-refractivity contribution in [2.24, 2.45) is 0 Å². The van der Waals surface area contributed by atoms with Crippen LogP contribution in [0.2, 0.25) is 0 Å². The summed E-state index contributed by atoms with van der Waals surface area (Å²) in [5.74, 6) is 0.484. The zero-order valence-electron chi connectivity index (χ0n) is 14.8. The third kappa shape index (κ3) is 3.18. The van der Waals surface area contributed by atoms with E-state index < -0.39 is 12.0 Å². The number of hydrogen-bond donors (Lipinski definition) is 1. The number of aromatic nitrogens is 2. The standard InChI is InChI=1S/C20H13N3O6/c24-12-9-16(27-13-6-2-1-5-11(12)13)18(25)21-20-23-22-19(29-20)17-10-26-14-7-3-4-8-15(14)28-17/h1-9,17H,10H2,(H,21,23,25). The number of nitrogens with one attached hydrogen (secondary N) is 1. The maximum Gasteiger partial charge on any atom is 0.322 e. The molecule has 0 fully saturated rings. The summed E-state index contributed by atoms with van der Waals surface area (Å²) in [5.41, 5.74) is -0.0163. The molecule has 1 amide bonds. The highest BCUT2D eigenvalue weighted by Crippen LogP contribution is 2.35. The van der Waals surface area contributed by atoms with Crippen LogP contribution in [0, 0.1) is 0 Å². The minimum absolute atomic E-state index is 0.148. The molecule has 29 heavy (non-hydrogen) atoms. The van der Waals surface area contributed by atoms with Crippen molar-refractivity contribution in [3.05, 3.63) is 76.5 Å². The SMILES string of the molecule is O=C(Nc1nnc(C2COc3ccccc3O2)o1)c1cc(=O)c2ccccc2o1. The van der Waals surface area contributed by atoms with Gasteiger partial charge in [-0.3, -0.25) is 14.9 Å². The lowest BCUT2D eigenvalue weighted by Gasteiger charge is -2.23. The summed E-state index contributed by atoms with van der Waals surface area (Å²) in [5, 5.41) is 10.5. The molecule has 0 saturated carbocycles. The molecule has 0 aliphatic carbocycles. The molecule has 144 valence electrons. The summed E-state index contributed by atoms with van der Waals surface area (Å²) in [4.78, 5) is 24.6. The molecule has 2 aromatic heterocycles. The van der Waals surface area contributed by atoms with Gasteiger partial charge in [-0.25, -0.2) is 0 Å². The van der Waals surface area contributed by atoms with Crippen LogP contribution in [0.3, 0.4) is 0 Å². The number of benzene rings is 2. The highest BCUT2D eigenvalue weighted by atomic mass is 16.6. The fourth-order valence-electron chi connectivity index (χ4n) is 2.93. The molecule has 9 nitrogen and oxygen atoms in total. The molecule has 2 aromatic carbocycles. The molecule has 4 aromatic rings. The zero-order chi connectivity index (χ0) is 19.8. The van der Waals surface area contributed by atoms with E-state index in [0.717, 1.165) is 6.07 Å². The van der Waals surface area contributed by atoms with Gasteiger partial charge >= 0.3 is 6.01 Å². The van der Waals surface area contributed by atoms with E-state index in [2.05, 4.69) is 15.5 Å². The molecule has 0 bridgehead atoms. The van der Waals surface area contributed by atoms with Crippen molar-refractivity contribution in [1.82, 2.24) is 10.2 Å². The third-order valence-electron chi connectivity index (χ3n) is 4.30. The molecule has 1 N–H and O–H groups in total. The molecule has 0 saturated heterocycles. The number of carbonyl (C=O) groups is 1. The average Bonchev–Trinajstić information content (AvgIpc) is 3.22. The van der Waals surface area contributed by atoms with Gasteiger partial charge in [0, 0.05) is 6.07 Å². The van der Waals surface area contributed by atoms with Crippen molar-refractivity contribution in [3.63, 3.8) is 0 Å². The number of amides is 1. The van der Waals surface area contributed by atoms with Crippen molar-refractivity contribution in [3.8, 4) is 11.5 Å². The number of fused-ring (bicyclic) bond motifs is 2. The van der Waals surface area contributed by atoms with Crippen LogP contribution in [0.1, 0.15) is 22.5 Å². The first-order valence-electron chi connectivity index (χ1n) is 8.73. The maximum absolute atomic E-state index is 12.4. The summed E-state index contributed by atoms with van der Waals surface area (Å²) in [6.45, 7) is 0.187. The smallest absolute Gasteiger partial charge is 0.322 e. The molecular weight excluding hydrogens is 378 g/mol. The Morgan fingerprint density at radius 3 is 2.69 bits per heavy atom. The summed E-state index contributed by atoms with van der Waals surface area (Å²) in [6, 6.07) is 14.8. The summed E-state index contributed by atoms with van der Waals surface area (Å²) < 4.78 is 22.4. The van der Waals surface area contributed by atoms with Crippen LogP contribution < -0.4 is 20.2 Å². The molecule has 5 rings (SSSR count). The van der Waals surface area contributed by atoms with Gasteiger partial charge in [0.1, 0.15) is 12.2 Å². The summed E-state index contributed by atoms with van der Waals surface area (Å²) in [6.07, 6.45) is -0.610. The normalized spacial score (nSPS) is 15.2. The van der Waals surface area contributed by atoms with Gasteiger partial charge in [-0.1, -0.05) is 29.4 Å². The lowest BCUT2D eigenvalue weighted by Crippen LogP contribution is -2.21. The van der Waals surface area contributed by atoms with E-state index in [9.17, 15) is 9.59 Å². The number of rotatable bonds is 3. The molecule has 0 spiro atoms. The second-order valence-corrected chi connectivity index (χ2v) is 6.23. The largest absolute Gasteiger partial charge is 0.485 e. The van der Waals surface area contributed by atoms with Crippen LogP contribution in [-0.2, 0) is 0 Å². The molecule has 1 unspecified atom stereocenters. The Balaban J connectivity index is 1.34. The number of ether oxygens (including phenoxy) is 2. The first-order chi connectivity index (χ1) is 14.2. The number of anilines is 1. The molecule has 1 aliphatic heterocycles. The molecule has 9 heteroatoms. The van der Waals surface area contributed by atoms with E-state index in [1.54, 1.807) is 36.4 Å². The van der Waals surface area contributed by atoms with Crippen molar-refractivity contribution >= 4 is 22.9 Å². The van der Waals surface area contributed by atoms with Crippen LogP contribution in [0.15, 0.2) is 68.2 Å². The summed E-state index contributed by atoms with van der Waals surface area (Å²) in [7, 11) is 0. The zero-order valence-corrected chi connectivity index (χ0v) is 14.8. The second kappa shape index (κ2) is 6.79. The topological polar surface area (TPSA) is 117 Å². The molecule has 1 aliphatic rings. The fraction of sp³-hybridized carbons (Fsp3) is 0.100. The van der Waals surface area contributed by atoms with Crippen molar-refractivity contribution < 1.29 is 23.1 Å². The highest BCUT2D eigenvalue weighted by molar-refractivity contribution is 6.01. The number of hydrogen-bond acceptors (Lipinski definition) is 8. The highest BCUT2D eigenvalue weighted by Gasteiger charge is 2.27. The lowest BCUT2D eigenvalue weighted by atomic mass is 10.2. The van der Waals surface area contributed by atoms with E-state index >= 15 is 0 Å². The van der Waals surface area contributed by atoms with Gasteiger partial charge in [0.2, 0.25) is 6.10 Å². The Kier molecular flexibility index (Phi) is 3.98. The third-order valence-corrected chi connectivity index (χ3v) is 4.30. The minimum atomic E-state index is -0.686. The second-order valence-electron chi connectivity index (χ2n) is 6.23. The van der Waals surface area contributed by atoms with Crippen molar-refractivity contribution in [1.29, 1.82) is 0 Å².